The lowest BCUT2D eigenvalue weighted by atomic mass is 10.0. The molecule has 1 saturated heterocycles. The molecule has 0 unspecified atom stereocenters. The molecule has 0 saturated carbocycles. The van der Waals surface area contributed by atoms with E-state index < -0.39 is 0 Å². The lowest BCUT2D eigenvalue weighted by Crippen LogP contribution is -2.30. The number of amides is 1. The van der Waals surface area contributed by atoms with E-state index in [1.807, 2.05) is 31.2 Å². The Morgan fingerprint density at radius 2 is 1.69 bits per heavy atom. The van der Waals surface area contributed by atoms with E-state index in [-0.39, 0.29) is 5.91 Å². The molecule has 156 valence electrons. The predicted octanol–water partition coefficient (Wildman–Crippen LogP) is 4.02. The van der Waals surface area contributed by atoms with Gasteiger partial charge in [0.1, 0.15) is 12.4 Å². The summed E-state index contributed by atoms with van der Waals surface area (Å²) < 4.78 is 11.1. The molecule has 1 aliphatic heterocycles. The minimum atomic E-state index is -0.121. The molecular formula is C24H32N2O3. The van der Waals surface area contributed by atoms with Crippen LogP contribution in [0.3, 0.4) is 0 Å². The molecule has 0 aliphatic carbocycles. The fourth-order valence-corrected chi connectivity index (χ4v) is 3.65. The van der Waals surface area contributed by atoms with Crippen LogP contribution in [-0.2, 0) is 17.8 Å². The molecule has 29 heavy (non-hydrogen) atoms. The Morgan fingerprint density at radius 3 is 2.48 bits per heavy atom. The van der Waals surface area contributed by atoms with Crippen molar-refractivity contribution >= 4 is 5.91 Å². The molecule has 0 bridgehead atoms. The first-order valence-electron chi connectivity index (χ1n) is 10.6. The number of hydrogen-bond acceptors (Lipinski definition) is 4. The SMILES string of the molecule is CCOCCOc1ccccc1C(=O)NCc1ccccc1CN1CCCCC1. The van der Waals surface area contributed by atoms with Crippen LogP contribution >= 0.6 is 0 Å². The molecule has 1 fully saturated rings. The summed E-state index contributed by atoms with van der Waals surface area (Å²) in [6, 6.07) is 15.7. The summed E-state index contributed by atoms with van der Waals surface area (Å²) in [5.74, 6) is 0.469. The van der Waals surface area contributed by atoms with Gasteiger partial charge in [-0.25, -0.2) is 0 Å². The first-order valence-corrected chi connectivity index (χ1v) is 10.6. The van der Waals surface area contributed by atoms with Crippen molar-refractivity contribution in [3.63, 3.8) is 0 Å². The van der Waals surface area contributed by atoms with Gasteiger partial charge < -0.3 is 14.8 Å². The van der Waals surface area contributed by atoms with Crippen molar-refractivity contribution in [1.29, 1.82) is 0 Å². The Morgan fingerprint density at radius 1 is 0.966 bits per heavy atom. The Labute approximate surface area is 174 Å². The Kier molecular flexibility index (Phi) is 8.53. The third-order valence-electron chi connectivity index (χ3n) is 5.22. The van der Waals surface area contributed by atoms with Crippen LogP contribution in [0.1, 0.15) is 47.7 Å². The molecule has 3 rings (SSSR count). The molecular weight excluding hydrogens is 364 g/mol. The fourth-order valence-electron chi connectivity index (χ4n) is 3.65. The number of nitrogens with zero attached hydrogens (tertiary/aromatic N) is 1. The maximum absolute atomic E-state index is 12.8. The zero-order chi connectivity index (χ0) is 20.3. The van der Waals surface area contributed by atoms with Crippen molar-refractivity contribution in [2.45, 2.75) is 39.3 Å². The Bertz CT molecular complexity index is 772. The van der Waals surface area contributed by atoms with Crippen LogP contribution in [0.15, 0.2) is 48.5 Å². The van der Waals surface area contributed by atoms with Crippen molar-refractivity contribution in [2.75, 3.05) is 32.9 Å². The van der Waals surface area contributed by atoms with E-state index in [1.54, 1.807) is 6.07 Å². The average Bonchev–Trinajstić information content (AvgIpc) is 2.77. The summed E-state index contributed by atoms with van der Waals surface area (Å²) in [6.07, 6.45) is 3.89. The molecule has 1 aliphatic rings. The van der Waals surface area contributed by atoms with Gasteiger partial charge in [-0.3, -0.25) is 9.69 Å². The standard InChI is InChI=1S/C24H32N2O3/c1-2-28-16-17-29-23-13-7-6-12-22(23)24(27)25-18-20-10-4-5-11-21(20)19-26-14-8-3-9-15-26/h4-7,10-13H,2-3,8-9,14-19H2,1H3,(H,25,27). The van der Waals surface area contributed by atoms with Gasteiger partial charge in [0.25, 0.3) is 5.91 Å². The molecule has 0 atom stereocenters. The minimum Gasteiger partial charge on any atom is -0.490 e. The fraction of sp³-hybridized carbons (Fsp3) is 0.458. The monoisotopic (exact) mass is 396 g/mol. The van der Waals surface area contributed by atoms with Crippen molar-refractivity contribution in [3.8, 4) is 5.75 Å². The summed E-state index contributed by atoms with van der Waals surface area (Å²) in [6.45, 7) is 7.32. The first kappa shape index (κ1) is 21.3. The molecule has 0 radical (unpaired) electrons. The molecule has 5 nitrogen and oxygen atoms in total. The zero-order valence-corrected chi connectivity index (χ0v) is 17.4. The second kappa shape index (κ2) is 11.6. The van der Waals surface area contributed by atoms with Gasteiger partial charge in [-0.05, 0) is 56.1 Å². The number of rotatable bonds is 10. The molecule has 1 N–H and O–H groups in total. The summed E-state index contributed by atoms with van der Waals surface area (Å²) in [7, 11) is 0. The highest BCUT2D eigenvalue weighted by Gasteiger charge is 2.15. The number of ether oxygens (including phenoxy) is 2. The number of nitrogens with one attached hydrogen (secondary N) is 1. The number of piperidine rings is 1. The highest BCUT2D eigenvalue weighted by atomic mass is 16.5. The number of benzene rings is 2. The quantitative estimate of drug-likeness (QED) is 0.617. The van der Waals surface area contributed by atoms with Crippen LogP contribution in [0.4, 0.5) is 0 Å². The van der Waals surface area contributed by atoms with E-state index in [0.29, 0.717) is 37.7 Å². The largest absolute Gasteiger partial charge is 0.490 e. The van der Waals surface area contributed by atoms with E-state index >= 15 is 0 Å². The molecule has 5 heteroatoms. The summed E-state index contributed by atoms with van der Waals surface area (Å²) in [5.41, 5.74) is 3.01. The van der Waals surface area contributed by atoms with Crippen LogP contribution in [0, 0.1) is 0 Å². The zero-order valence-electron chi connectivity index (χ0n) is 17.4. The van der Waals surface area contributed by atoms with Gasteiger partial charge in [-0.1, -0.05) is 42.8 Å². The molecule has 0 aromatic heterocycles. The molecule has 2 aromatic carbocycles. The van der Waals surface area contributed by atoms with Gasteiger partial charge in [0, 0.05) is 19.7 Å². The Hall–Kier alpha value is -2.37. The van der Waals surface area contributed by atoms with Crippen LogP contribution in [-0.4, -0.2) is 43.7 Å². The topological polar surface area (TPSA) is 50.8 Å². The normalized spacial score (nSPS) is 14.5. The minimum absolute atomic E-state index is 0.121. The Balaban J connectivity index is 1.59. The second-order valence-electron chi connectivity index (χ2n) is 7.33. The molecule has 1 amide bonds. The number of carbonyl (C=O) groups is 1. The van der Waals surface area contributed by atoms with E-state index in [2.05, 4.69) is 28.4 Å². The van der Waals surface area contributed by atoms with Crippen molar-refractivity contribution in [1.82, 2.24) is 10.2 Å². The van der Waals surface area contributed by atoms with Gasteiger partial charge in [0.2, 0.25) is 0 Å². The summed E-state index contributed by atoms with van der Waals surface area (Å²) in [5, 5.41) is 3.07. The lowest BCUT2D eigenvalue weighted by molar-refractivity contribution is 0.0934. The van der Waals surface area contributed by atoms with Crippen LogP contribution in [0.5, 0.6) is 5.75 Å². The average molecular weight is 397 g/mol. The molecule has 2 aromatic rings. The number of carbonyl (C=O) groups excluding carboxylic acids is 1. The van der Waals surface area contributed by atoms with E-state index in [0.717, 1.165) is 19.6 Å². The highest BCUT2D eigenvalue weighted by Crippen LogP contribution is 2.19. The number of para-hydroxylation sites is 1. The van der Waals surface area contributed by atoms with Gasteiger partial charge in [0.05, 0.1) is 12.2 Å². The maximum atomic E-state index is 12.8. The van der Waals surface area contributed by atoms with Gasteiger partial charge >= 0.3 is 0 Å². The van der Waals surface area contributed by atoms with Crippen LogP contribution in [0.2, 0.25) is 0 Å². The van der Waals surface area contributed by atoms with Crippen LogP contribution < -0.4 is 10.1 Å². The van der Waals surface area contributed by atoms with E-state index in [1.165, 1.54) is 30.4 Å². The van der Waals surface area contributed by atoms with Gasteiger partial charge in [-0.2, -0.15) is 0 Å². The van der Waals surface area contributed by atoms with Gasteiger partial charge in [0.15, 0.2) is 0 Å². The van der Waals surface area contributed by atoms with Crippen molar-refractivity contribution in [2.24, 2.45) is 0 Å². The third kappa shape index (κ3) is 6.58. The number of hydrogen-bond donors (Lipinski definition) is 1. The molecule has 0 spiro atoms. The maximum Gasteiger partial charge on any atom is 0.255 e. The van der Waals surface area contributed by atoms with Crippen molar-refractivity contribution < 1.29 is 14.3 Å². The van der Waals surface area contributed by atoms with Gasteiger partial charge in [-0.15, -0.1) is 0 Å². The van der Waals surface area contributed by atoms with Crippen LogP contribution in [0.25, 0.3) is 0 Å². The summed E-state index contributed by atoms with van der Waals surface area (Å²) in [4.78, 5) is 15.3. The smallest absolute Gasteiger partial charge is 0.255 e. The second-order valence-corrected chi connectivity index (χ2v) is 7.33. The molecule has 1 heterocycles. The first-order chi connectivity index (χ1) is 14.3. The van der Waals surface area contributed by atoms with Crippen molar-refractivity contribution in [3.05, 3.63) is 65.2 Å². The highest BCUT2D eigenvalue weighted by molar-refractivity contribution is 5.96. The van der Waals surface area contributed by atoms with E-state index in [4.69, 9.17) is 9.47 Å². The predicted molar refractivity (Wildman–Crippen MR) is 115 cm³/mol. The van der Waals surface area contributed by atoms with E-state index in [9.17, 15) is 4.79 Å². The lowest BCUT2D eigenvalue weighted by Gasteiger charge is -2.27. The summed E-state index contributed by atoms with van der Waals surface area (Å²) >= 11 is 0. The number of likely N-dealkylation sites (tertiary alicyclic amines) is 1. The third-order valence-corrected chi connectivity index (χ3v) is 5.22.